The lowest BCUT2D eigenvalue weighted by molar-refractivity contribution is 0.332. The van der Waals surface area contributed by atoms with Gasteiger partial charge in [-0.3, -0.25) is 0 Å². The standard InChI is InChI=1S/C61H75BN2O/c1-36-27-49-52-50(28-36)64(41-30-38(56(5,6)7)29-39(31-41)57(8,9)10)53-42-32-37(55(2,3)4)19-22-51(42)65-54(53)62(52)47-34-45-46(61(17,18)26-25-60(45,15)16)35-48(47)63(49)40-20-21-43-44(33-40)59(13,14)24-23-58(43,11)12/h19-22,27-35H,23-26H2,1-18H3. The van der Waals surface area contributed by atoms with Gasteiger partial charge in [-0.2, -0.15) is 0 Å². The van der Waals surface area contributed by atoms with Crippen molar-refractivity contribution >= 4 is 68.4 Å². The number of nitrogens with zero attached hydrogens (tertiary/aromatic N) is 2. The predicted molar refractivity (Wildman–Crippen MR) is 282 cm³/mol. The average Bonchev–Trinajstić information content (AvgIpc) is 3.58. The average molecular weight is 863 g/mol. The van der Waals surface area contributed by atoms with Crippen LogP contribution in [0.15, 0.2) is 83.3 Å². The van der Waals surface area contributed by atoms with Gasteiger partial charge in [-0.15, -0.1) is 0 Å². The summed E-state index contributed by atoms with van der Waals surface area (Å²) in [7, 11) is 0. The van der Waals surface area contributed by atoms with Gasteiger partial charge in [0.15, 0.2) is 0 Å². The predicted octanol–water partition coefficient (Wildman–Crippen LogP) is 15.4. The van der Waals surface area contributed by atoms with Crippen LogP contribution < -0.4 is 26.4 Å². The first-order valence-corrected chi connectivity index (χ1v) is 24.8. The molecule has 4 aliphatic rings. The molecule has 10 rings (SSSR count). The van der Waals surface area contributed by atoms with Gasteiger partial charge in [0, 0.05) is 33.8 Å². The van der Waals surface area contributed by atoms with Crippen molar-refractivity contribution in [3.8, 4) is 0 Å². The second kappa shape index (κ2) is 13.7. The summed E-state index contributed by atoms with van der Waals surface area (Å²) in [5, 5.41) is 1.18. The molecular weight excluding hydrogens is 787 g/mol. The van der Waals surface area contributed by atoms with Crippen LogP contribution in [0.1, 0.15) is 188 Å². The minimum absolute atomic E-state index is 0.0287. The van der Waals surface area contributed by atoms with Gasteiger partial charge in [-0.05, 0) is 181 Å². The Balaban J connectivity index is 1.36. The van der Waals surface area contributed by atoms with Gasteiger partial charge in [-0.25, -0.2) is 0 Å². The lowest BCUT2D eigenvalue weighted by Gasteiger charge is -2.47. The van der Waals surface area contributed by atoms with E-state index in [0.29, 0.717) is 0 Å². The van der Waals surface area contributed by atoms with E-state index in [1.807, 2.05) is 0 Å². The third-order valence-corrected chi connectivity index (χ3v) is 16.6. The lowest BCUT2D eigenvalue weighted by Crippen LogP contribution is -2.61. The summed E-state index contributed by atoms with van der Waals surface area (Å²) in [4.78, 5) is 5.29. The Labute approximate surface area is 392 Å². The van der Waals surface area contributed by atoms with E-state index in [4.69, 9.17) is 4.42 Å². The smallest absolute Gasteiger partial charge is 0.297 e. The Morgan fingerprint density at radius 1 is 0.477 bits per heavy atom. The van der Waals surface area contributed by atoms with Crippen molar-refractivity contribution in [2.45, 2.75) is 188 Å². The number of furan rings is 1. The van der Waals surface area contributed by atoms with Gasteiger partial charge >= 0.3 is 0 Å². The Kier molecular flexibility index (Phi) is 9.31. The molecule has 0 radical (unpaired) electrons. The van der Waals surface area contributed by atoms with E-state index in [-0.39, 0.29) is 44.6 Å². The molecule has 2 aliphatic heterocycles. The van der Waals surface area contributed by atoms with Crippen LogP contribution in [-0.2, 0) is 37.9 Å². The first-order chi connectivity index (χ1) is 30.0. The molecule has 5 aromatic carbocycles. The monoisotopic (exact) mass is 863 g/mol. The van der Waals surface area contributed by atoms with Gasteiger partial charge in [-0.1, -0.05) is 142 Å². The summed E-state index contributed by atoms with van der Waals surface area (Å²) >= 11 is 0. The largest absolute Gasteiger partial charge is 0.468 e. The number of aryl methyl sites for hydroxylation is 1. The normalized spacial score (nSPS) is 19.1. The zero-order chi connectivity index (χ0) is 46.9. The zero-order valence-corrected chi connectivity index (χ0v) is 43.2. The number of rotatable bonds is 2. The highest BCUT2D eigenvalue weighted by molar-refractivity contribution is 7.00. The van der Waals surface area contributed by atoms with Crippen molar-refractivity contribution in [3.05, 3.63) is 123 Å². The molecule has 0 unspecified atom stereocenters. The van der Waals surface area contributed by atoms with Gasteiger partial charge in [0.25, 0.3) is 6.71 Å². The summed E-state index contributed by atoms with van der Waals surface area (Å²) in [6, 6.07) is 32.1. The second-order valence-electron chi connectivity index (χ2n) is 26.6. The highest BCUT2D eigenvalue weighted by Crippen LogP contribution is 2.54. The third kappa shape index (κ3) is 6.79. The minimum atomic E-state index is -0.101. The topological polar surface area (TPSA) is 19.6 Å². The van der Waals surface area contributed by atoms with Crippen molar-refractivity contribution < 1.29 is 4.42 Å². The highest BCUT2D eigenvalue weighted by Gasteiger charge is 2.50. The van der Waals surface area contributed by atoms with Crippen molar-refractivity contribution in [1.29, 1.82) is 0 Å². The Morgan fingerprint density at radius 3 is 1.54 bits per heavy atom. The van der Waals surface area contributed by atoms with E-state index >= 15 is 0 Å². The molecule has 6 aromatic rings. The van der Waals surface area contributed by atoms with Crippen molar-refractivity contribution in [3.63, 3.8) is 0 Å². The Hall–Kier alpha value is -4.70. The van der Waals surface area contributed by atoms with Crippen LogP contribution in [0.5, 0.6) is 0 Å². The molecule has 0 saturated carbocycles. The van der Waals surface area contributed by atoms with Crippen LogP contribution in [0.2, 0.25) is 0 Å². The molecule has 2 aliphatic carbocycles. The molecule has 0 saturated heterocycles. The van der Waals surface area contributed by atoms with Crippen LogP contribution in [0, 0.1) is 6.92 Å². The molecule has 0 N–H and O–H groups in total. The van der Waals surface area contributed by atoms with Crippen molar-refractivity contribution in [2.75, 3.05) is 9.80 Å². The van der Waals surface area contributed by atoms with E-state index < -0.39 is 0 Å². The number of anilines is 6. The molecule has 0 bridgehead atoms. The van der Waals surface area contributed by atoms with Crippen LogP contribution in [0.4, 0.5) is 34.1 Å². The van der Waals surface area contributed by atoms with Crippen LogP contribution in [0.3, 0.4) is 0 Å². The van der Waals surface area contributed by atoms with Crippen LogP contribution >= 0.6 is 0 Å². The molecule has 0 amide bonds. The fraction of sp³-hybridized carbons (Fsp3) is 0.475. The summed E-state index contributed by atoms with van der Waals surface area (Å²) in [5.41, 5.74) is 23.5. The molecule has 338 valence electrons. The van der Waals surface area contributed by atoms with Crippen LogP contribution in [0.25, 0.3) is 11.0 Å². The summed E-state index contributed by atoms with van der Waals surface area (Å²) in [6.07, 6.45) is 4.70. The molecule has 3 nitrogen and oxygen atoms in total. The fourth-order valence-corrected chi connectivity index (χ4v) is 12.0. The van der Waals surface area contributed by atoms with Crippen molar-refractivity contribution in [1.82, 2.24) is 0 Å². The van der Waals surface area contributed by atoms with E-state index in [2.05, 4.69) is 213 Å². The Bertz CT molecular complexity index is 2940. The number of benzene rings is 5. The van der Waals surface area contributed by atoms with Gasteiger partial charge in [0.05, 0.1) is 11.3 Å². The van der Waals surface area contributed by atoms with E-state index in [1.54, 1.807) is 0 Å². The van der Waals surface area contributed by atoms with Gasteiger partial charge in [0.1, 0.15) is 5.58 Å². The highest BCUT2D eigenvalue weighted by atomic mass is 16.3. The maximum Gasteiger partial charge on any atom is 0.297 e. The molecule has 0 atom stereocenters. The zero-order valence-electron chi connectivity index (χ0n) is 43.2. The summed E-state index contributed by atoms with van der Waals surface area (Å²) in [6.45, 7) is 43.0. The first kappa shape index (κ1) is 44.2. The Morgan fingerprint density at radius 2 is 0.985 bits per heavy atom. The molecule has 0 fully saturated rings. The maximum absolute atomic E-state index is 7.48. The molecule has 65 heavy (non-hydrogen) atoms. The van der Waals surface area contributed by atoms with E-state index in [9.17, 15) is 0 Å². The SMILES string of the molecule is Cc1cc2c3c(c1)N(c1cc(C(C)(C)C)cc(C(C)(C)C)c1)c1c(oc4ccc(C(C)(C)C)cc14)B3c1cc3c(cc1N2c1ccc2c(c1)C(C)(C)CCC2(C)C)C(C)(C)CCC3(C)C. The number of fused-ring (bicyclic) bond motifs is 8. The van der Waals surface area contributed by atoms with Gasteiger partial charge < -0.3 is 14.2 Å². The lowest BCUT2D eigenvalue weighted by atomic mass is 9.35. The number of hydrogen-bond acceptors (Lipinski definition) is 3. The molecule has 4 heteroatoms. The molecule has 1 aromatic heterocycles. The molecular formula is C61H75BN2O. The van der Waals surface area contributed by atoms with Crippen molar-refractivity contribution in [2.24, 2.45) is 0 Å². The first-order valence-electron chi connectivity index (χ1n) is 24.8. The van der Waals surface area contributed by atoms with E-state index in [1.165, 1.54) is 114 Å². The molecule has 0 spiro atoms. The van der Waals surface area contributed by atoms with E-state index in [0.717, 1.165) is 17.7 Å². The second-order valence-corrected chi connectivity index (χ2v) is 26.6. The minimum Gasteiger partial charge on any atom is -0.468 e. The quantitative estimate of drug-likeness (QED) is 0.161. The number of hydrogen-bond donors (Lipinski definition) is 0. The fourth-order valence-electron chi connectivity index (χ4n) is 12.0. The third-order valence-electron chi connectivity index (χ3n) is 16.6. The maximum atomic E-state index is 7.48. The summed E-state index contributed by atoms with van der Waals surface area (Å²) < 4.78 is 7.48. The van der Waals surface area contributed by atoms with Gasteiger partial charge in [0.2, 0.25) is 0 Å². The van der Waals surface area contributed by atoms with Crippen LogP contribution in [-0.4, -0.2) is 6.71 Å². The molecule has 3 heterocycles. The summed E-state index contributed by atoms with van der Waals surface area (Å²) in [5.74, 6) is 0.